The zero-order valence-corrected chi connectivity index (χ0v) is 11.3. The molecule has 0 fully saturated rings. The number of nitro benzene ring substituents is 1. The molecule has 0 atom stereocenters. The van der Waals surface area contributed by atoms with Crippen LogP contribution in [0.3, 0.4) is 0 Å². The molecule has 7 heteroatoms. The summed E-state index contributed by atoms with van der Waals surface area (Å²) in [6.45, 7) is 0. The van der Waals surface area contributed by atoms with Gasteiger partial charge in [-0.1, -0.05) is 17.7 Å². The average molecular weight is 305 g/mol. The van der Waals surface area contributed by atoms with Gasteiger partial charge in [-0.3, -0.25) is 19.7 Å². The lowest BCUT2D eigenvalue weighted by atomic mass is 10.1. The van der Waals surface area contributed by atoms with Crippen LogP contribution in [0.15, 0.2) is 42.5 Å². The van der Waals surface area contributed by atoms with E-state index in [1.165, 1.54) is 42.5 Å². The number of amides is 1. The first kappa shape index (κ1) is 14.7. The summed E-state index contributed by atoms with van der Waals surface area (Å²) in [5, 5.41) is 13.4. The second-order valence-electron chi connectivity index (χ2n) is 4.09. The summed E-state index contributed by atoms with van der Waals surface area (Å²) in [7, 11) is 0. The fraction of sp³-hybridized carbons (Fsp3) is 0. The predicted molar refractivity (Wildman–Crippen MR) is 77.9 cm³/mol. The van der Waals surface area contributed by atoms with Crippen LogP contribution in [0.4, 0.5) is 11.4 Å². The molecule has 0 saturated carbocycles. The van der Waals surface area contributed by atoms with E-state index in [2.05, 4.69) is 5.32 Å². The maximum atomic E-state index is 12.1. The van der Waals surface area contributed by atoms with Crippen LogP contribution >= 0.6 is 11.6 Å². The lowest BCUT2D eigenvalue weighted by Gasteiger charge is -2.07. The van der Waals surface area contributed by atoms with Crippen LogP contribution in [0.5, 0.6) is 0 Å². The lowest BCUT2D eigenvalue weighted by Crippen LogP contribution is -2.14. The molecular formula is C14H9ClN2O4. The number of rotatable bonds is 4. The number of anilines is 1. The monoisotopic (exact) mass is 304 g/mol. The molecule has 0 aliphatic heterocycles. The van der Waals surface area contributed by atoms with Crippen molar-refractivity contribution in [1.29, 1.82) is 0 Å². The van der Waals surface area contributed by atoms with Gasteiger partial charge in [0.05, 0.1) is 9.95 Å². The molecule has 0 bridgehead atoms. The Kier molecular flexibility index (Phi) is 4.30. The summed E-state index contributed by atoms with van der Waals surface area (Å²) in [6, 6.07) is 10.1. The molecule has 1 amide bonds. The largest absolute Gasteiger partial charge is 0.322 e. The summed E-state index contributed by atoms with van der Waals surface area (Å²) in [4.78, 5) is 33.0. The molecule has 0 unspecified atom stereocenters. The Morgan fingerprint density at radius 1 is 1.19 bits per heavy atom. The number of nitrogens with one attached hydrogen (secondary N) is 1. The molecule has 0 saturated heterocycles. The highest BCUT2D eigenvalue weighted by atomic mass is 35.5. The molecule has 2 rings (SSSR count). The highest BCUT2D eigenvalue weighted by molar-refractivity contribution is 6.35. The van der Waals surface area contributed by atoms with Gasteiger partial charge in [-0.2, -0.15) is 0 Å². The third kappa shape index (κ3) is 3.24. The number of carbonyl (C=O) groups excluding carboxylic acids is 2. The second-order valence-corrected chi connectivity index (χ2v) is 4.49. The van der Waals surface area contributed by atoms with Crippen molar-refractivity contribution in [1.82, 2.24) is 0 Å². The third-order valence-corrected chi connectivity index (χ3v) is 3.03. The van der Waals surface area contributed by atoms with Gasteiger partial charge in [0.1, 0.15) is 11.8 Å². The molecule has 0 aromatic heterocycles. The minimum absolute atomic E-state index is 0.00814. The van der Waals surface area contributed by atoms with E-state index in [0.717, 1.165) is 0 Å². The zero-order chi connectivity index (χ0) is 15.4. The summed E-state index contributed by atoms with van der Waals surface area (Å²) >= 11 is 5.87. The zero-order valence-electron chi connectivity index (χ0n) is 10.6. The van der Waals surface area contributed by atoms with Crippen molar-refractivity contribution in [2.75, 3.05) is 5.32 Å². The van der Waals surface area contributed by atoms with E-state index in [0.29, 0.717) is 17.5 Å². The maximum Gasteiger partial charge on any atom is 0.283 e. The number of aldehydes is 1. The van der Waals surface area contributed by atoms with E-state index >= 15 is 0 Å². The quantitative estimate of drug-likeness (QED) is 0.533. The second kappa shape index (κ2) is 6.15. The smallest absolute Gasteiger partial charge is 0.283 e. The fourth-order valence-corrected chi connectivity index (χ4v) is 1.98. The number of nitrogens with zero attached hydrogens (tertiary/aromatic N) is 1. The number of hydrogen-bond donors (Lipinski definition) is 1. The number of hydrogen-bond acceptors (Lipinski definition) is 4. The summed E-state index contributed by atoms with van der Waals surface area (Å²) < 4.78 is 0. The molecule has 0 heterocycles. The van der Waals surface area contributed by atoms with Crippen LogP contribution in [0.25, 0.3) is 0 Å². The van der Waals surface area contributed by atoms with Crippen molar-refractivity contribution in [2.24, 2.45) is 0 Å². The molecule has 21 heavy (non-hydrogen) atoms. The normalized spacial score (nSPS) is 9.95. The van der Waals surface area contributed by atoms with E-state index in [4.69, 9.17) is 11.6 Å². The number of nitro groups is 1. The minimum Gasteiger partial charge on any atom is -0.322 e. The maximum absolute atomic E-state index is 12.1. The Morgan fingerprint density at radius 3 is 2.43 bits per heavy atom. The Labute approximate surface area is 124 Å². The summed E-state index contributed by atoms with van der Waals surface area (Å²) in [5.74, 6) is -0.689. The van der Waals surface area contributed by atoms with Gasteiger partial charge in [0.2, 0.25) is 0 Å². The molecule has 0 spiro atoms. The standard InChI is InChI=1S/C14H9ClN2O4/c15-11-2-1-3-12(17(20)21)13(11)14(19)16-10-6-4-9(8-18)5-7-10/h1-8H,(H,16,19). The van der Waals surface area contributed by atoms with E-state index in [9.17, 15) is 19.7 Å². The van der Waals surface area contributed by atoms with Gasteiger partial charge in [0.15, 0.2) is 0 Å². The Bertz CT molecular complexity index is 713. The van der Waals surface area contributed by atoms with Gasteiger partial charge in [0.25, 0.3) is 11.6 Å². The highest BCUT2D eigenvalue weighted by Gasteiger charge is 2.23. The van der Waals surface area contributed by atoms with E-state index < -0.39 is 10.8 Å². The van der Waals surface area contributed by atoms with Crippen molar-refractivity contribution in [3.8, 4) is 0 Å². The molecule has 0 aliphatic carbocycles. The molecule has 6 nitrogen and oxygen atoms in total. The predicted octanol–water partition coefficient (Wildman–Crippen LogP) is 3.31. The van der Waals surface area contributed by atoms with Crippen molar-refractivity contribution < 1.29 is 14.5 Å². The van der Waals surface area contributed by atoms with Crippen LogP contribution < -0.4 is 5.32 Å². The first-order valence-corrected chi connectivity index (χ1v) is 6.20. The van der Waals surface area contributed by atoms with Gasteiger partial charge in [-0.05, 0) is 30.3 Å². The van der Waals surface area contributed by atoms with Crippen LogP contribution in [0.1, 0.15) is 20.7 Å². The summed E-state index contributed by atoms with van der Waals surface area (Å²) in [6.07, 6.45) is 0.671. The molecule has 2 aromatic rings. The number of halogens is 1. The molecule has 1 N–H and O–H groups in total. The first-order valence-electron chi connectivity index (χ1n) is 5.82. The highest BCUT2D eigenvalue weighted by Crippen LogP contribution is 2.27. The van der Waals surface area contributed by atoms with Crippen molar-refractivity contribution in [3.05, 3.63) is 68.7 Å². The van der Waals surface area contributed by atoms with Gasteiger partial charge in [-0.15, -0.1) is 0 Å². The molecule has 2 aromatic carbocycles. The Balaban J connectivity index is 2.31. The Morgan fingerprint density at radius 2 is 1.86 bits per heavy atom. The van der Waals surface area contributed by atoms with Gasteiger partial charge < -0.3 is 5.32 Å². The topological polar surface area (TPSA) is 89.3 Å². The lowest BCUT2D eigenvalue weighted by molar-refractivity contribution is -0.385. The van der Waals surface area contributed by atoms with Gasteiger partial charge in [-0.25, -0.2) is 0 Å². The number of carbonyl (C=O) groups is 2. The van der Waals surface area contributed by atoms with Crippen LogP contribution in [0, 0.1) is 10.1 Å². The van der Waals surface area contributed by atoms with Crippen molar-refractivity contribution in [2.45, 2.75) is 0 Å². The van der Waals surface area contributed by atoms with E-state index in [-0.39, 0.29) is 16.3 Å². The Hall–Kier alpha value is -2.73. The molecule has 0 radical (unpaired) electrons. The van der Waals surface area contributed by atoms with Gasteiger partial charge in [0, 0.05) is 17.3 Å². The molecular weight excluding hydrogens is 296 g/mol. The molecule has 106 valence electrons. The first-order chi connectivity index (χ1) is 10.0. The molecule has 0 aliphatic rings. The average Bonchev–Trinajstić information content (AvgIpc) is 2.47. The van der Waals surface area contributed by atoms with Crippen molar-refractivity contribution >= 4 is 35.2 Å². The van der Waals surface area contributed by atoms with Crippen LogP contribution in [-0.2, 0) is 0 Å². The summed E-state index contributed by atoms with van der Waals surface area (Å²) in [5.41, 5.74) is 0.282. The third-order valence-electron chi connectivity index (χ3n) is 2.72. The van der Waals surface area contributed by atoms with Gasteiger partial charge >= 0.3 is 0 Å². The van der Waals surface area contributed by atoms with Crippen LogP contribution in [0.2, 0.25) is 5.02 Å². The fourth-order valence-electron chi connectivity index (χ4n) is 1.73. The number of benzene rings is 2. The SMILES string of the molecule is O=Cc1ccc(NC(=O)c2c(Cl)cccc2[N+](=O)[O-])cc1. The minimum atomic E-state index is -0.689. The van der Waals surface area contributed by atoms with Crippen LogP contribution in [-0.4, -0.2) is 17.1 Å². The van der Waals surface area contributed by atoms with E-state index in [1.54, 1.807) is 0 Å². The van der Waals surface area contributed by atoms with Crippen molar-refractivity contribution in [3.63, 3.8) is 0 Å². The van der Waals surface area contributed by atoms with E-state index in [1.807, 2.05) is 0 Å².